The number of para-hydroxylation sites is 1. The number of hydrogen-bond acceptors (Lipinski definition) is 3. The monoisotopic (exact) mass is 362 g/mol. The fourth-order valence-electron chi connectivity index (χ4n) is 2.19. The minimum absolute atomic E-state index is 0.399. The van der Waals surface area contributed by atoms with Crippen LogP contribution in [-0.2, 0) is 9.59 Å². The molecule has 7 heteroatoms. The van der Waals surface area contributed by atoms with Crippen molar-refractivity contribution < 1.29 is 23.1 Å². The molecule has 0 aliphatic carbocycles. The van der Waals surface area contributed by atoms with Crippen LogP contribution in [0.25, 0.3) is 0 Å². The van der Waals surface area contributed by atoms with E-state index in [1.807, 2.05) is 13.0 Å². The molecule has 0 aromatic heterocycles. The van der Waals surface area contributed by atoms with Crippen molar-refractivity contribution in [1.82, 2.24) is 0 Å². The predicted octanol–water partition coefficient (Wildman–Crippen LogP) is 3.89. The SMILES string of the molecule is COc1ccc(C)cc1NC(=O)C(C)(C)C(=O)Nc1c(F)cccc1F. The molecule has 26 heavy (non-hydrogen) atoms. The van der Waals surface area contributed by atoms with Gasteiger partial charge >= 0.3 is 0 Å². The van der Waals surface area contributed by atoms with E-state index in [4.69, 9.17) is 4.74 Å². The van der Waals surface area contributed by atoms with Crippen LogP contribution in [0, 0.1) is 24.0 Å². The van der Waals surface area contributed by atoms with E-state index in [1.54, 1.807) is 12.1 Å². The second kappa shape index (κ2) is 7.51. The molecule has 0 atom stereocenters. The molecule has 2 aromatic carbocycles. The Morgan fingerprint density at radius 3 is 2.15 bits per heavy atom. The molecular formula is C19H20F2N2O3. The molecule has 0 aliphatic rings. The van der Waals surface area contributed by atoms with E-state index in [0.717, 1.165) is 17.7 Å². The number of benzene rings is 2. The Bertz CT molecular complexity index is 830. The summed E-state index contributed by atoms with van der Waals surface area (Å²) >= 11 is 0. The molecule has 5 nitrogen and oxygen atoms in total. The summed E-state index contributed by atoms with van der Waals surface area (Å²) in [5.41, 5.74) is -0.900. The number of methoxy groups -OCH3 is 1. The van der Waals surface area contributed by atoms with Crippen molar-refractivity contribution in [3.05, 3.63) is 53.6 Å². The first-order valence-electron chi connectivity index (χ1n) is 7.88. The largest absolute Gasteiger partial charge is 0.495 e. The number of nitrogens with one attached hydrogen (secondary N) is 2. The molecule has 0 aliphatic heterocycles. The van der Waals surface area contributed by atoms with E-state index >= 15 is 0 Å². The third-order valence-electron chi connectivity index (χ3n) is 3.94. The van der Waals surface area contributed by atoms with E-state index in [0.29, 0.717) is 11.4 Å². The van der Waals surface area contributed by atoms with E-state index in [-0.39, 0.29) is 0 Å². The Morgan fingerprint density at radius 1 is 1.00 bits per heavy atom. The zero-order valence-corrected chi connectivity index (χ0v) is 14.9. The van der Waals surface area contributed by atoms with Gasteiger partial charge in [0.2, 0.25) is 11.8 Å². The second-order valence-corrected chi connectivity index (χ2v) is 6.33. The Kier molecular flexibility index (Phi) is 5.59. The maximum absolute atomic E-state index is 13.7. The molecular weight excluding hydrogens is 342 g/mol. The van der Waals surface area contributed by atoms with Crippen molar-refractivity contribution in [3.63, 3.8) is 0 Å². The normalized spacial score (nSPS) is 11.0. The summed E-state index contributed by atoms with van der Waals surface area (Å²) in [6.45, 7) is 4.56. The van der Waals surface area contributed by atoms with Crippen molar-refractivity contribution in [3.8, 4) is 5.75 Å². The summed E-state index contributed by atoms with van der Waals surface area (Å²) in [4.78, 5) is 25.1. The van der Waals surface area contributed by atoms with Gasteiger partial charge in [-0.3, -0.25) is 9.59 Å². The third kappa shape index (κ3) is 3.99. The van der Waals surface area contributed by atoms with Crippen molar-refractivity contribution in [1.29, 1.82) is 0 Å². The summed E-state index contributed by atoms with van der Waals surface area (Å²) in [7, 11) is 1.46. The van der Waals surface area contributed by atoms with Gasteiger partial charge in [0.15, 0.2) is 0 Å². The standard InChI is InChI=1S/C19H20F2N2O3/c1-11-8-9-15(26-4)14(10-11)22-17(24)19(2,3)18(25)23-16-12(20)6-5-7-13(16)21/h5-10H,1-4H3,(H,22,24)(H,23,25). The number of rotatable bonds is 5. The predicted molar refractivity (Wildman–Crippen MR) is 95.1 cm³/mol. The highest BCUT2D eigenvalue weighted by Gasteiger charge is 2.37. The third-order valence-corrected chi connectivity index (χ3v) is 3.94. The Morgan fingerprint density at radius 2 is 1.58 bits per heavy atom. The van der Waals surface area contributed by atoms with Gasteiger partial charge in [0.1, 0.15) is 28.5 Å². The summed E-state index contributed by atoms with van der Waals surface area (Å²) in [6.07, 6.45) is 0. The lowest BCUT2D eigenvalue weighted by atomic mass is 9.90. The highest BCUT2D eigenvalue weighted by atomic mass is 19.1. The lowest BCUT2D eigenvalue weighted by Gasteiger charge is -2.23. The zero-order valence-electron chi connectivity index (χ0n) is 14.9. The van der Waals surface area contributed by atoms with Crippen molar-refractivity contribution in [2.24, 2.45) is 5.41 Å². The maximum Gasteiger partial charge on any atom is 0.239 e. The van der Waals surface area contributed by atoms with Gasteiger partial charge in [-0.1, -0.05) is 12.1 Å². The fraction of sp³-hybridized carbons (Fsp3) is 0.263. The van der Waals surface area contributed by atoms with E-state index in [9.17, 15) is 18.4 Å². The quantitative estimate of drug-likeness (QED) is 0.793. The average Bonchev–Trinajstić information content (AvgIpc) is 2.58. The molecule has 0 fully saturated rings. The number of anilines is 2. The molecule has 0 radical (unpaired) electrons. The number of carbonyl (C=O) groups excluding carboxylic acids is 2. The Labute approximate surface area is 150 Å². The lowest BCUT2D eigenvalue weighted by Crippen LogP contribution is -2.42. The first kappa shape index (κ1) is 19.4. The number of amides is 2. The van der Waals surface area contributed by atoms with Gasteiger partial charge in [-0.2, -0.15) is 0 Å². The summed E-state index contributed by atoms with van der Waals surface area (Å²) in [5, 5.41) is 4.77. The average molecular weight is 362 g/mol. The number of ether oxygens (including phenoxy) is 1. The topological polar surface area (TPSA) is 67.4 Å². The molecule has 2 rings (SSSR count). The maximum atomic E-state index is 13.7. The van der Waals surface area contributed by atoms with Crippen molar-refractivity contribution in [2.75, 3.05) is 17.7 Å². The van der Waals surface area contributed by atoms with Gasteiger partial charge in [0, 0.05) is 0 Å². The molecule has 2 amide bonds. The van der Waals surface area contributed by atoms with E-state index in [2.05, 4.69) is 10.6 Å². The Balaban J connectivity index is 2.22. The van der Waals surface area contributed by atoms with E-state index in [1.165, 1.54) is 27.0 Å². The number of aryl methyl sites for hydroxylation is 1. The van der Waals surface area contributed by atoms with Crippen LogP contribution in [0.2, 0.25) is 0 Å². The minimum Gasteiger partial charge on any atom is -0.495 e. The van der Waals surface area contributed by atoms with Gasteiger partial charge in [0.25, 0.3) is 0 Å². The van der Waals surface area contributed by atoms with Gasteiger partial charge in [-0.25, -0.2) is 8.78 Å². The minimum atomic E-state index is -1.59. The zero-order chi connectivity index (χ0) is 19.5. The fourth-order valence-corrected chi connectivity index (χ4v) is 2.19. The molecule has 2 N–H and O–H groups in total. The summed E-state index contributed by atoms with van der Waals surface area (Å²) in [6, 6.07) is 8.41. The van der Waals surface area contributed by atoms with E-state index < -0.39 is 34.6 Å². The van der Waals surface area contributed by atoms with Crippen LogP contribution in [0.4, 0.5) is 20.2 Å². The lowest BCUT2D eigenvalue weighted by molar-refractivity contribution is -0.135. The first-order valence-corrected chi connectivity index (χ1v) is 7.88. The van der Waals surface area contributed by atoms with Crippen LogP contribution in [0.5, 0.6) is 5.75 Å². The molecule has 0 spiro atoms. The Hall–Kier alpha value is -2.96. The highest BCUT2D eigenvalue weighted by molar-refractivity contribution is 6.14. The first-order chi connectivity index (χ1) is 12.2. The summed E-state index contributed by atoms with van der Waals surface area (Å²) in [5.74, 6) is -2.90. The van der Waals surface area contributed by atoms with Crippen LogP contribution >= 0.6 is 0 Å². The van der Waals surface area contributed by atoms with Crippen LogP contribution in [0.1, 0.15) is 19.4 Å². The van der Waals surface area contributed by atoms with Gasteiger partial charge in [-0.15, -0.1) is 0 Å². The number of halogens is 2. The number of hydrogen-bond donors (Lipinski definition) is 2. The van der Waals surface area contributed by atoms with Gasteiger partial charge < -0.3 is 15.4 Å². The van der Waals surface area contributed by atoms with Gasteiger partial charge in [-0.05, 0) is 50.6 Å². The van der Waals surface area contributed by atoms with Crippen LogP contribution < -0.4 is 15.4 Å². The van der Waals surface area contributed by atoms with Gasteiger partial charge in [0.05, 0.1) is 12.8 Å². The van der Waals surface area contributed by atoms with Crippen molar-refractivity contribution >= 4 is 23.2 Å². The van der Waals surface area contributed by atoms with Crippen LogP contribution in [-0.4, -0.2) is 18.9 Å². The molecule has 0 saturated carbocycles. The second-order valence-electron chi connectivity index (χ2n) is 6.33. The van der Waals surface area contributed by atoms with Crippen LogP contribution in [0.15, 0.2) is 36.4 Å². The molecule has 0 saturated heterocycles. The highest BCUT2D eigenvalue weighted by Crippen LogP contribution is 2.29. The summed E-state index contributed by atoms with van der Waals surface area (Å²) < 4.78 is 32.6. The number of carbonyl (C=O) groups is 2. The van der Waals surface area contributed by atoms with Crippen molar-refractivity contribution in [2.45, 2.75) is 20.8 Å². The smallest absolute Gasteiger partial charge is 0.239 e. The molecule has 0 unspecified atom stereocenters. The van der Waals surface area contributed by atoms with Crippen LogP contribution in [0.3, 0.4) is 0 Å². The molecule has 0 bridgehead atoms. The molecule has 2 aromatic rings. The molecule has 0 heterocycles. The molecule has 138 valence electrons.